The third kappa shape index (κ3) is 8.03. The quantitative estimate of drug-likeness (QED) is 0.167. The Morgan fingerprint density at radius 1 is 0.878 bits per heavy atom. The molecule has 254 valence electrons. The number of alkyl halides is 3. The molecule has 3 aromatic carbocycles. The second-order valence-electron chi connectivity index (χ2n) is 11.9. The van der Waals surface area contributed by atoms with E-state index in [1.54, 1.807) is 18.2 Å². The lowest BCUT2D eigenvalue weighted by atomic mass is 10.1. The number of pyridine rings is 1. The summed E-state index contributed by atoms with van der Waals surface area (Å²) >= 11 is 0. The van der Waals surface area contributed by atoms with Crippen molar-refractivity contribution in [2.45, 2.75) is 26.1 Å². The molecule has 1 aliphatic rings. The second-order valence-corrected chi connectivity index (χ2v) is 11.9. The minimum absolute atomic E-state index is 0.0196. The molecule has 6 rings (SSSR count). The van der Waals surface area contributed by atoms with Crippen molar-refractivity contribution in [2.75, 3.05) is 38.1 Å². The molecule has 0 saturated carbocycles. The molecular formula is C37H36F3N5O4. The third-order valence-electron chi connectivity index (χ3n) is 8.39. The zero-order valence-electron chi connectivity index (χ0n) is 27.2. The molecule has 0 radical (unpaired) electrons. The average Bonchev–Trinajstić information content (AvgIpc) is 3.43. The van der Waals surface area contributed by atoms with Crippen LogP contribution in [0.3, 0.4) is 0 Å². The summed E-state index contributed by atoms with van der Waals surface area (Å²) in [6.45, 7) is 6.46. The fourth-order valence-electron chi connectivity index (χ4n) is 5.69. The first-order valence-corrected chi connectivity index (χ1v) is 16.0. The SMILES string of the molecule is CCCOc1ccc(CN2CCN(C(=O)c3cc4cc(Oc5ccc(NC(=O)c6ccc(C(F)(F)F)cc6)cn5)ccc4n3C)CC2)cc1. The van der Waals surface area contributed by atoms with Crippen molar-refractivity contribution in [3.8, 4) is 17.4 Å². The summed E-state index contributed by atoms with van der Waals surface area (Å²) in [5.41, 5.74) is 2.30. The predicted octanol–water partition coefficient (Wildman–Crippen LogP) is 7.38. The van der Waals surface area contributed by atoms with Crippen LogP contribution in [-0.2, 0) is 19.8 Å². The van der Waals surface area contributed by atoms with E-state index in [-0.39, 0.29) is 17.4 Å². The molecule has 5 aromatic rings. The number of anilines is 1. The van der Waals surface area contributed by atoms with Crippen LogP contribution in [0, 0.1) is 0 Å². The van der Waals surface area contributed by atoms with Crippen molar-refractivity contribution in [2.24, 2.45) is 7.05 Å². The van der Waals surface area contributed by atoms with Gasteiger partial charge in [0.15, 0.2) is 0 Å². The number of nitrogens with zero attached hydrogens (tertiary/aromatic N) is 4. The number of carbonyl (C=O) groups is 2. The van der Waals surface area contributed by atoms with Crippen LogP contribution < -0.4 is 14.8 Å². The fourth-order valence-corrected chi connectivity index (χ4v) is 5.69. The molecule has 2 aromatic heterocycles. The van der Waals surface area contributed by atoms with Gasteiger partial charge >= 0.3 is 6.18 Å². The summed E-state index contributed by atoms with van der Waals surface area (Å²) in [6, 6.07) is 22.7. The number of ether oxygens (including phenoxy) is 2. The van der Waals surface area contributed by atoms with E-state index in [0.29, 0.717) is 36.8 Å². The summed E-state index contributed by atoms with van der Waals surface area (Å²) in [6.07, 6.45) is -2.11. The Bertz CT molecular complexity index is 1920. The molecule has 1 fully saturated rings. The topological polar surface area (TPSA) is 88.9 Å². The van der Waals surface area contributed by atoms with Gasteiger partial charge in [-0.05, 0) is 78.7 Å². The number of rotatable bonds is 10. The average molecular weight is 672 g/mol. The molecular weight excluding hydrogens is 635 g/mol. The first-order chi connectivity index (χ1) is 23.6. The van der Waals surface area contributed by atoms with Crippen molar-refractivity contribution < 1.29 is 32.2 Å². The Balaban J connectivity index is 1.03. The Morgan fingerprint density at radius 3 is 2.24 bits per heavy atom. The lowest BCUT2D eigenvalue weighted by molar-refractivity contribution is -0.137. The highest BCUT2D eigenvalue weighted by Crippen LogP contribution is 2.30. The van der Waals surface area contributed by atoms with Gasteiger partial charge in [0.05, 0.1) is 24.1 Å². The first-order valence-electron chi connectivity index (χ1n) is 16.0. The van der Waals surface area contributed by atoms with Gasteiger partial charge in [0, 0.05) is 62.3 Å². The molecule has 1 saturated heterocycles. The van der Waals surface area contributed by atoms with Crippen molar-refractivity contribution in [3.63, 3.8) is 0 Å². The maximum Gasteiger partial charge on any atom is 0.416 e. The highest BCUT2D eigenvalue weighted by atomic mass is 19.4. The molecule has 3 heterocycles. The van der Waals surface area contributed by atoms with Gasteiger partial charge < -0.3 is 24.3 Å². The number of hydrogen-bond donors (Lipinski definition) is 1. The molecule has 1 aliphatic heterocycles. The van der Waals surface area contributed by atoms with Crippen LogP contribution in [0.25, 0.3) is 10.9 Å². The number of aromatic nitrogens is 2. The van der Waals surface area contributed by atoms with Crippen molar-refractivity contribution in [1.29, 1.82) is 0 Å². The number of amides is 2. The molecule has 12 heteroatoms. The minimum atomic E-state index is -4.48. The molecule has 2 amide bonds. The highest BCUT2D eigenvalue weighted by molar-refractivity contribution is 6.04. The molecule has 49 heavy (non-hydrogen) atoms. The van der Waals surface area contributed by atoms with E-state index in [0.717, 1.165) is 67.0 Å². The van der Waals surface area contributed by atoms with E-state index in [1.807, 2.05) is 46.8 Å². The Hall–Kier alpha value is -5.36. The number of fused-ring (bicyclic) bond motifs is 1. The smallest absolute Gasteiger partial charge is 0.416 e. The van der Waals surface area contributed by atoms with E-state index < -0.39 is 17.6 Å². The molecule has 0 bridgehead atoms. The number of carbonyl (C=O) groups excluding carboxylic acids is 2. The molecule has 0 spiro atoms. The summed E-state index contributed by atoms with van der Waals surface area (Å²) in [7, 11) is 1.87. The summed E-state index contributed by atoms with van der Waals surface area (Å²) in [5.74, 6) is 1.09. The van der Waals surface area contributed by atoms with Crippen LogP contribution in [0.1, 0.15) is 45.3 Å². The van der Waals surface area contributed by atoms with E-state index >= 15 is 0 Å². The maximum absolute atomic E-state index is 13.6. The van der Waals surface area contributed by atoms with Gasteiger partial charge in [-0.2, -0.15) is 13.2 Å². The highest BCUT2D eigenvalue weighted by Gasteiger charge is 2.30. The largest absolute Gasteiger partial charge is 0.494 e. The number of aryl methyl sites for hydroxylation is 1. The minimum Gasteiger partial charge on any atom is -0.494 e. The zero-order valence-corrected chi connectivity index (χ0v) is 27.2. The van der Waals surface area contributed by atoms with Crippen LogP contribution in [-0.4, -0.2) is 64.0 Å². The number of nitrogens with one attached hydrogen (secondary N) is 1. The van der Waals surface area contributed by atoms with E-state index in [9.17, 15) is 22.8 Å². The first kappa shape index (κ1) is 33.5. The fraction of sp³-hybridized carbons (Fsp3) is 0.270. The van der Waals surface area contributed by atoms with Gasteiger partial charge in [0.25, 0.3) is 11.8 Å². The summed E-state index contributed by atoms with van der Waals surface area (Å²) in [5, 5.41) is 3.46. The lowest BCUT2D eigenvalue weighted by Crippen LogP contribution is -2.48. The van der Waals surface area contributed by atoms with Gasteiger partial charge in [0.1, 0.15) is 17.2 Å². The molecule has 0 aliphatic carbocycles. The van der Waals surface area contributed by atoms with Crippen LogP contribution >= 0.6 is 0 Å². The van der Waals surface area contributed by atoms with Crippen LogP contribution in [0.5, 0.6) is 17.4 Å². The number of hydrogen-bond acceptors (Lipinski definition) is 6. The molecule has 0 unspecified atom stereocenters. The van der Waals surface area contributed by atoms with Gasteiger partial charge in [-0.3, -0.25) is 14.5 Å². The maximum atomic E-state index is 13.6. The molecule has 1 N–H and O–H groups in total. The summed E-state index contributed by atoms with van der Waals surface area (Å²) < 4.78 is 51.9. The van der Waals surface area contributed by atoms with Crippen LogP contribution in [0.2, 0.25) is 0 Å². The van der Waals surface area contributed by atoms with E-state index in [2.05, 4.69) is 34.3 Å². The normalized spacial score (nSPS) is 13.8. The predicted molar refractivity (Wildman–Crippen MR) is 180 cm³/mol. The Labute approximate surface area is 281 Å². The monoisotopic (exact) mass is 671 g/mol. The molecule has 0 atom stereocenters. The van der Waals surface area contributed by atoms with Gasteiger partial charge in [-0.25, -0.2) is 4.98 Å². The third-order valence-corrected chi connectivity index (χ3v) is 8.39. The number of benzene rings is 3. The van der Waals surface area contributed by atoms with Gasteiger partial charge in [-0.1, -0.05) is 19.1 Å². The van der Waals surface area contributed by atoms with Gasteiger partial charge in [-0.15, -0.1) is 0 Å². The van der Waals surface area contributed by atoms with Crippen molar-refractivity contribution in [3.05, 3.63) is 114 Å². The Morgan fingerprint density at radius 2 is 1.59 bits per heavy atom. The van der Waals surface area contributed by atoms with Crippen LogP contribution in [0.15, 0.2) is 91.1 Å². The summed E-state index contributed by atoms with van der Waals surface area (Å²) in [4.78, 5) is 34.5. The lowest BCUT2D eigenvalue weighted by Gasteiger charge is -2.34. The van der Waals surface area contributed by atoms with Crippen molar-refractivity contribution in [1.82, 2.24) is 19.4 Å². The number of halogens is 3. The Kier molecular flexibility index (Phi) is 9.86. The number of piperazine rings is 1. The van der Waals surface area contributed by atoms with Gasteiger partial charge in [0.2, 0.25) is 5.88 Å². The van der Waals surface area contributed by atoms with Crippen LogP contribution in [0.4, 0.5) is 18.9 Å². The van der Waals surface area contributed by atoms with E-state index in [1.165, 1.54) is 11.8 Å². The second kappa shape index (κ2) is 14.4. The zero-order chi connectivity index (χ0) is 34.5. The molecule has 9 nitrogen and oxygen atoms in total. The van der Waals surface area contributed by atoms with Crippen molar-refractivity contribution >= 4 is 28.4 Å². The van der Waals surface area contributed by atoms with E-state index in [4.69, 9.17) is 9.47 Å². The standard InChI is InChI=1S/C37H36F3N5O4/c1-3-20-48-30-11-4-25(5-12-30)24-44-16-18-45(19-17-44)36(47)33-22-27-21-31(13-14-32(27)43(33)2)49-34-15-10-29(23-41-34)42-35(46)26-6-8-28(9-7-26)37(38,39)40/h4-15,21-23H,3,16-20,24H2,1-2H3,(H,42,46).